The Labute approximate surface area is 206 Å². The van der Waals surface area contributed by atoms with Gasteiger partial charge in [-0.05, 0) is 57.9 Å². The maximum Gasteiger partial charge on any atom is 0.408 e. The number of nitrogens with zero attached hydrogens (tertiary/aromatic N) is 1. The molecular weight excluding hydrogens is 450 g/mol. The summed E-state index contributed by atoms with van der Waals surface area (Å²) in [6.45, 7) is 8.07. The smallest absolute Gasteiger partial charge is 0.408 e. The first-order chi connectivity index (χ1) is 16.4. The summed E-state index contributed by atoms with van der Waals surface area (Å²) < 4.78 is 5.21. The van der Waals surface area contributed by atoms with Gasteiger partial charge in [-0.15, -0.1) is 0 Å². The van der Waals surface area contributed by atoms with Crippen LogP contribution in [0.25, 0.3) is 0 Å². The summed E-state index contributed by atoms with van der Waals surface area (Å²) in [4.78, 5) is 40.6. The van der Waals surface area contributed by atoms with E-state index in [1.807, 2.05) is 30.3 Å². The molecule has 4 N–H and O–H groups in total. The van der Waals surface area contributed by atoms with Crippen molar-refractivity contribution in [3.8, 4) is 5.75 Å². The van der Waals surface area contributed by atoms with Gasteiger partial charge in [-0.2, -0.15) is 0 Å². The number of hydrogen-bond acceptors (Lipinski definition) is 6. The van der Waals surface area contributed by atoms with Gasteiger partial charge in [0.05, 0.1) is 6.61 Å². The molecule has 0 aliphatic carbocycles. The SMILES string of the molecule is CC(C)N(C(=O)C(CO)NC(=O)OC(C)(C)C)C(C(=O)NCc1ccccc1)c1ccc(O)cc1. The Morgan fingerprint density at radius 1 is 1.00 bits per heavy atom. The number of carbonyl (C=O) groups is 3. The minimum absolute atomic E-state index is 0.0134. The quantitative estimate of drug-likeness (QED) is 0.432. The van der Waals surface area contributed by atoms with E-state index in [0.29, 0.717) is 5.56 Å². The van der Waals surface area contributed by atoms with E-state index in [2.05, 4.69) is 10.6 Å². The fraction of sp³-hybridized carbons (Fsp3) is 0.423. The summed E-state index contributed by atoms with van der Waals surface area (Å²) in [7, 11) is 0. The molecule has 0 spiro atoms. The van der Waals surface area contributed by atoms with Crippen LogP contribution >= 0.6 is 0 Å². The lowest BCUT2D eigenvalue weighted by molar-refractivity contribution is -0.145. The molecule has 0 saturated heterocycles. The number of amides is 3. The summed E-state index contributed by atoms with van der Waals surface area (Å²) in [6, 6.07) is 12.4. The molecule has 0 aromatic heterocycles. The van der Waals surface area contributed by atoms with E-state index in [4.69, 9.17) is 4.74 Å². The van der Waals surface area contributed by atoms with Crippen LogP contribution in [0.15, 0.2) is 54.6 Å². The predicted octanol–water partition coefficient (Wildman–Crippen LogP) is 2.87. The van der Waals surface area contributed by atoms with Gasteiger partial charge in [0.25, 0.3) is 0 Å². The molecule has 2 atom stereocenters. The van der Waals surface area contributed by atoms with E-state index in [1.165, 1.54) is 17.0 Å². The van der Waals surface area contributed by atoms with Crippen molar-refractivity contribution >= 4 is 17.9 Å². The first-order valence-corrected chi connectivity index (χ1v) is 11.5. The van der Waals surface area contributed by atoms with Crippen LogP contribution in [-0.2, 0) is 20.9 Å². The maximum atomic E-state index is 13.5. The van der Waals surface area contributed by atoms with Gasteiger partial charge in [-0.1, -0.05) is 42.5 Å². The minimum Gasteiger partial charge on any atom is -0.508 e. The second-order valence-electron chi connectivity index (χ2n) is 9.42. The van der Waals surface area contributed by atoms with E-state index in [1.54, 1.807) is 46.8 Å². The summed E-state index contributed by atoms with van der Waals surface area (Å²) in [5.74, 6) is -1.09. The van der Waals surface area contributed by atoms with Crippen LogP contribution < -0.4 is 10.6 Å². The fourth-order valence-electron chi connectivity index (χ4n) is 3.47. The van der Waals surface area contributed by atoms with Gasteiger partial charge < -0.3 is 30.5 Å². The Kier molecular flexibility index (Phi) is 9.65. The van der Waals surface area contributed by atoms with Crippen molar-refractivity contribution in [3.05, 3.63) is 65.7 Å². The zero-order valence-electron chi connectivity index (χ0n) is 20.8. The highest BCUT2D eigenvalue weighted by Crippen LogP contribution is 2.26. The summed E-state index contributed by atoms with van der Waals surface area (Å²) in [5, 5.41) is 24.9. The highest BCUT2D eigenvalue weighted by molar-refractivity contribution is 5.92. The number of benzene rings is 2. The number of hydrogen-bond donors (Lipinski definition) is 4. The lowest BCUT2D eigenvalue weighted by Crippen LogP contribution is -2.56. The molecule has 9 heteroatoms. The molecule has 0 aliphatic rings. The summed E-state index contributed by atoms with van der Waals surface area (Å²) in [6.07, 6.45) is -0.858. The highest BCUT2D eigenvalue weighted by atomic mass is 16.6. The highest BCUT2D eigenvalue weighted by Gasteiger charge is 2.37. The largest absolute Gasteiger partial charge is 0.508 e. The summed E-state index contributed by atoms with van der Waals surface area (Å²) >= 11 is 0. The van der Waals surface area contributed by atoms with Crippen molar-refractivity contribution < 1.29 is 29.3 Å². The first kappa shape index (κ1) is 27.7. The van der Waals surface area contributed by atoms with E-state index >= 15 is 0 Å². The van der Waals surface area contributed by atoms with E-state index in [9.17, 15) is 24.6 Å². The van der Waals surface area contributed by atoms with Gasteiger partial charge in [0.1, 0.15) is 23.4 Å². The minimum atomic E-state index is -1.33. The molecule has 35 heavy (non-hydrogen) atoms. The van der Waals surface area contributed by atoms with Gasteiger partial charge in [0.15, 0.2) is 0 Å². The Morgan fingerprint density at radius 3 is 2.11 bits per heavy atom. The second kappa shape index (κ2) is 12.2. The van der Waals surface area contributed by atoms with E-state index in [-0.39, 0.29) is 12.3 Å². The van der Waals surface area contributed by atoms with Crippen LogP contribution in [0.4, 0.5) is 4.79 Å². The zero-order chi connectivity index (χ0) is 26.2. The van der Waals surface area contributed by atoms with Gasteiger partial charge in [0, 0.05) is 12.6 Å². The molecular formula is C26H35N3O6. The van der Waals surface area contributed by atoms with Crippen molar-refractivity contribution in [1.82, 2.24) is 15.5 Å². The van der Waals surface area contributed by atoms with Crippen LogP contribution in [-0.4, -0.2) is 57.3 Å². The number of ether oxygens (including phenoxy) is 1. The molecule has 0 aliphatic heterocycles. The molecule has 9 nitrogen and oxygen atoms in total. The van der Waals surface area contributed by atoms with Crippen molar-refractivity contribution in [2.24, 2.45) is 0 Å². The number of nitrogens with one attached hydrogen (secondary N) is 2. The molecule has 190 valence electrons. The number of alkyl carbamates (subject to hydrolysis) is 1. The molecule has 0 bridgehead atoms. The number of phenols is 1. The number of phenolic OH excluding ortho intramolecular Hbond substituents is 1. The lowest BCUT2D eigenvalue weighted by Gasteiger charge is -2.36. The Bertz CT molecular complexity index is 986. The third-order valence-electron chi connectivity index (χ3n) is 5.03. The molecule has 2 unspecified atom stereocenters. The van der Waals surface area contributed by atoms with Gasteiger partial charge in [-0.3, -0.25) is 9.59 Å². The third-order valence-corrected chi connectivity index (χ3v) is 5.03. The molecule has 2 rings (SSSR count). The number of rotatable bonds is 9. The van der Waals surface area contributed by atoms with E-state index in [0.717, 1.165) is 5.56 Å². The average molecular weight is 486 g/mol. The Balaban J connectivity index is 2.36. The molecule has 2 aromatic rings. The molecule has 3 amide bonds. The zero-order valence-corrected chi connectivity index (χ0v) is 20.8. The fourth-order valence-corrected chi connectivity index (χ4v) is 3.47. The normalized spacial score (nSPS) is 13.0. The molecule has 2 aromatic carbocycles. The third kappa shape index (κ3) is 8.29. The van der Waals surface area contributed by atoms with Crippen molar-refractivity contribution in [2.45, 2.75) is 64.9 Å². The van der Waals surface area contributed by atoms with Crippen LogP contribution in [0.1, 0.15) is 51.8 Å². The molecule has 0 fully saturated rings. The van der Waals surface area contributed by atoms with Gasteiger partial charge in [0.2, 0.25) is 11.8 Å². The molecule has 0 radical (unpaired) electrons. The van der Waals surface area contributed by atoms with Crippen LogP contribution in [0.5, 0.6) is 5.75 Å². The average Bonchev–Trinajstić information content (AvgIpc) is 2.79. The second-order valence-corrected chi connectivity index (χ2v) is 9.42. The maximum absolute atomic E-state index is 13.5. The Morgan fingerprint density at radius 2 is 1.60 bits per heavy atom. The summed E-state index contributed by atoms with van der Waals surface area (Å²) in [5.41, 5.74) is 0.550. The Hall–Kier alpha value is -3.59. The van der Waals surface area contributed by atoms with Gasteiger partial charge >= 0.3 is 6.09 Å². The lowest BCUT2D eigenvalue weighted by atomic mass is 10.0. The van der Waals surface area contributed by atoms with E-state index < -0.39 is 48.2 Å². The number of carbonyl (C=O) groups excluding carboxylic acids is 3. The topological polar surface area (TPSA) is 128 Å². The van der Waals surface area contributed by atoms with Gasteiger partial charge in [-0.25, -0.2) is 4.79 Å². The number of aliphatic hydroxyl groups is 1. The van der Waals surface area contributed by atoms with Crippen LogP contribution in [0.3, 0.4) is 0 Å². The van der Waals surface area contributed by atoms with Crippen molar-refractivity contribution in [1.29, 1.82) is 0 Å². The molecule has 0 heterocycles. The first-order valence-electron chi connectivity index (χ1n) is 11.5. The monoisotopic (exact) mass is 485 g/mol. The van der Waals surface area contributed by atoms with Crippen molar-refractivity contribution in [2.75, 3.05) is 6.61 Å². The number of aromatic hydroxyl groups is 1. The van der Waals surface area contributed by atoms with Crippen molar-refractivity contribution in [3.63, 3.8) is 0 Å². The van der Waals surface area contributed by atoms with Crippen LogP contribution in [0.2, 0.25) is 0 Å². The molecule has 0 saturated carbocycles. The predicted molar refractivity (Wildman–Crippen MR) is 131 cm³/mol. The van der Waals surface area contributed by atoms with Crippen LogP contribution in [0, 0.1) is 0 Å². The number of aliphatic hydroxyl groups excluding tert-OH is 1. The standard InChI is InChI=1S/C26H35N3O6/c1-17(2)29(24(33)21(16-30)28-25(34)35-26(3,4)5)22(19-11-13-20(31)14-12-19)23(32)27-15-18-9-7-6-8-10-18/h6-14,17,21-22,30-31H,15-16H2,1-5H3,(H,27,32)(H,28,34).